The SMILES string of the molecule is CCCC(CCC)c1cnn(C)c1. The number of nitrogens with zero attached hydrogens (tertiary/aromatic N) is 2. The van der Waals surface area contributed by atoms with Crippen LogP contribution in [-0.4, -0.2) is 9.78 Å². The molecule has 0 N–H and O–H groups in total. The maximum Gasteiger partial charge on any atom is 0.0524 e. The van der Waals surface area contributed by atoms with Crippen LogP contribution in [0.15, 0.2) is 12.4 Å². The predicted octanol–water partition coefficient (Wildman–Crippen LogP) is 3.10. The van der Waals surface area contributed by atoms with Crippen molar-refractivity contribution in [2.75, 3.05) is 0 Å². The molecule has 0 atom stereocenters. The molecule has 0 fully saturated rings. The molecule has 0 aliphatic rings. The van der Waals surface area contributed by atoms with Crippen LogP contribution in [0.1, 0.15) is 51.0 Å². The van der Waals surface area contributed by atoms with Crippen molar-refractivity contribution in [2.24, 2.45) is 7.05 Å². The fourth-order valence-corrected chi connectivity index (χ4v) is 1.83. The van der Waals surface area contributed by atoms with Gasteiger partial charge in [0.25, 0.3) is 0 Å². The minimum atomic E-state index is 0.726. The van der Waals surface area contributed by atoms with Crippen LogP contribution in [0, 0.1) is 0 Å². The van der Waals surface area contributed by atoms with Crippen LogP contribution in [0.2, 0.25) is 0 Å². The first-order valence-corrected chi connectivity index (χ1v) is 5.26. The molecule has 1 heterocycles. The third kappa shape index (κ3) is 2.87. The lowest BCUT2D eigenvalue weighted by Gasteiger charge is -2.12. The molecule has 1 aromatic heterocycles. The molecule has 0 amide bonds. The van der Waals surface area contributed by atoms with Gasteiger partial charge in [-0.3, -0.25) is 4.68 Å². The first kappa shape index (κ1) is 10.3. The van der Waals surface area contributed by atoms with Gasteiger partial charge in [0.1, 0.15) is 0 Å². The highest BCUT2D eigenvalue weighted by atomic mass is 15.2. The number of aryl methyl sites for hydroxylation is 1. The average Bonchev–Trinajstić information content (AvgIpc) is 2.51. The van der Waals surface area contributed by atoms with Gasteiger partial charge in [0.15, 0.2) is 0 Å². The molecule has 0 saturated carbocycles. The zero-order valence-electron chi connectivity index (χ0n) is 8.95. The summed E-state index contributed by atoms with van der Waals surface area (Å²) in [5.74, 6) is 0.726. The van der Waals surface area contributed by atoms with Crippen molar-refractivity contribution in [1.82, 2.24) is 9.78 Å². The molecule has 2 nitrogen and oxygen atoms in total. The summed E-state index contributed by atoms with van der Waals surface area (Å²) in [4.78, 5) is 0. The Balaban J connectivity index is 2.63. The minimum Gasteiger partial charge on any atom is -0.276 e. The van der Waals surface area contributed by atoms with Crippen LogP contribution in [0.3, 0.4) is 0 Å². The Morgan fingerprint density at radius 1 is 1.31 bits per heavy atom. The molecular formula is C11H20N2. The second-order valence-electron chi connectivity index (χ2n) is 3.72. The van der Waals surface area contributed by atoms with Gasteiger partial charge in [-0.25, -0.2) is 0 Å². The van der Waals surface area contributed by atoms with Crippen molar-refractivity contribution in [3.63, 3.8) is 0 Å². The maximum atomic E-state index is 4.22. The summed E-state index contributed by atoms with van der Waals surface area (Å²) in [5.41, 5.74) is 1.41. The lowest BCUT2D eigenvalue weighted by Crippen LogP contribution is -1.96. The highest BCUT2D eigenvalue weighted by Gasteiger charge is 2.10. The lowest BCUT2D eigenvalue weighted by molar-refractivity contribution is 0.560. The second-order valence-corrected chi connectivity index (χ2v) is 3.72. The second kappa shape index (κ2) is 5.05. The number of hydrogen-bond donors (Lipinski definition) is 0. The van der Waals surface area contributed by atoms with Crippen LogP contribution in [0.25, 0.3) is 0 Å². The summed E-state index contributed by atoms with van der Waals surface area (Å²) >= 11 is 0. The van der Waals surface area contributed by atoms with E-state index in [1.54, 1.807) is 0 Å². The van der Waals surface area contributed by atoms with E-state index in [4.69, 9.17) is 0 Å². The zero-order chi connectivity index (χ0) is 9.68. The molecule has 1 aromatic rings. The quantitative estimate of drug-likeness (QED) is 0.680. The Kier molecular flexibility index (Phi) is 4.00. The Morgan fingerprint density at radius 2 is 1.92 bits per heavy atom. The van der Waals surface area contributed by atoms with E-state index < -0.39 is 0 Å². The molecule has 0 bridgehead atoms. The molecule has 0 aliphatic heterocycles. The van der Waals surface area contributed by atoms with Crippen molar-refractivity contribution in [2.45, 2.75) is 45.4 Å². The van der Waals surface area contributed by atoms with Gasteiger partial charge in [-0.1, -0.05) is 26.7 Å². The van der Waals surface area contributed by atoms with E-state index in [1.807, 2.05) is 17.9 Å². The Bertz CT molecular complexity index is 234. The standard InChI is InChI=1S/C11H20N2/c1-4-6-10(7-5-2)11-8-12-13(3)9-11/h8-10H,4-7H2,1-3H3. The van der Waals surface area contributed by atoms with Gasteiger partial charge in [0, 0.05) is 13.2 Å². The summed E-state index contributed by atoms with van der Waals surface area (Å²) in [6, 6.07) is 0. The monoisotopic (exact) mass is 180 g/mol. The Hall–Kier alpha value is -0.790. The van der Waals surface area contributed by atoms with Crippen molar-refractivity contribution in [1.29, 1.82) is 0 Å². The smallest absolute Gasteiger partial charge is 0.0524 e. The van der Waals surface area contributed by atoms with Crippen LogP contribution in [0.4, 0.5) is 0 Å². The molecular weight excluding hydrogens is 160 g/mol. The number of aromatic nitrogens is 2. The van der Waals surface area contributed by atoms with E-state index in [1.165, 1.54) is 31.2 Å². The molecule has 0 unspecified atom stereocenters. The van der Waals surface area contributed by atoms with E-state index in [9.17, 15) is 0 Å². The molecule has 0 aromatic carbocycles. The van der Waals surface area contributed by atoms with E-state index in [0.29, 0.717) is 0 Å². The molecule has 13 heavy (non-hydrogen) atoms. The fraction of sp³-hybridized carbons (Fsp3) is 0.727. The summed E-state index contributed by atoms with van der Waals surface area (Å²) in [6.45, 7) is 4.50. The lowest BCUT2D eigenvalue weighted by atomic mass is 9.93. The summed E-state index contributed by atoms with van der Waals surface area (Å²) in [6.07, 6.45) is 9.27. The first-order chi connectivity index (χ1) is 6.27. The average molecular weight is 180 g/mol. The first-order valence-electron chi connectivity index (χ1n) is 5.26. The maximum absolute atomic E-state index is 4.22. The predicted molar refractivity (Wildman–Crippen MR) is 55.8 cm³/mol. The largest absolute Gasteiger partial charge is 0.276 e. The minimum absolute atomic E-state index is 0.726. The summed E-state index contributed by atoms with van der Waals surface area (Å²) in [7, 11) is 1.98. The van der Waals surface area contributed by atoms with E-state index in [-0.39, 0.29) is 0 Å². The Morgan fingerprint density at radius 3 is 2.31 bits per heavy atom. The van der Waals surface area contributed by atoms with E-state index >= 15 is 0 Å². The zero-order valence-corrected chi connectivity index (χ0v) is 8.95. The molecule has 0 aliphatic carbocycles. The summed E-state index contributed by atoms with van der Waals surface area (Å²) < 4.78 is 1.90. The topological polar surface area (TPSA) is 17.8 Å². The Labute approximate surface area is 81.0 Å². The van der Waals surface area contributed by atoms with Crippen LogP contribution >= 0.6 is 0 Å². The van der Waals surface area contributed by atoms with Crippen molar-refractivity contribution in [3.05, 3.63) is 18.0 Å². The molecule has 1 rings (SSSR count). The molecule has 2 heteroatoms. The van der Waals surface area contributed by atoms with Crippen molar-refractivity contribution >= 4 is 0 Å². The van der Waals surface area contributed by atoms with Gasteiger partial charge in [0.2, 0.25) is 0 Å². The van der Waals surface area contributed by atoms with E-state index in [2.05, 4.69) is 25.1 Å². The van der Waals surface area contributed by atoms with E-state index in [0.717, 1.165) is 5.92 Å². The molecule has 0 spiro atoms. The third-order valence-electron chi connectivity index (χ3n) is 2.47. The molecule has 0 radical (unpaired) electrons. The molecule has 74 valence electrons. The number of rotatable bonds is 5. The van der Waals surface area contributed by atoms with Crippen LogP contribution in [-0.2, 0) is 7.05 Å². The molecule has 0 saturated heterocycles. The van der Waals surface area contributed by atoms with Crippen molar-refractivity contribution in [3.8, 4) is 0 Å². The van der Waals surface area contributed by atoms with Crippen LogP contribution < -0.4 is 0 Å². The third-order valence-corrected chi connectivity index (χ3v) is 2.47. The van der Waals surface area contributed by atoms with Crippen molar-refractivity contribution < 1.29 is 0 Å². The van der Waals surface area contributed by atoms with Gasteiger partial charge in [-0.05, 0) is 24.3 Å². The van der Waals surface area contributed by atoms with Crippen LogP contribution in [0.5, 0.6) is 0 Å². The van der Waals surface area contributed by atoms with Gasteiger partial charge >= 0.3 is 0 Å². The summed E-state index contributed by atoms with van der Waals surface area (Å²) in [5, 5.41) is 4.22. The van der Waals surface area contributed by atoms with Gasteiger partial charge < -0.3 is 0 Å². The normalized spacial score (nSPS) is 11.1. The highest BCUT2D eigenvalue weighted by Crippen LogP contribution is 2.25. The van der Waals surface area contributed by atoms with Gasteiger partial charge in [0.05, 0.1) is 6.20 Å². The van der Waals surface area contributed by atoms with Gasteiger partial charge in [-0.15, -0.1) is 0 Å². The fourth-order valence-electron chi connectivity index (χ4n) is 1.83. The van der Waals surface area contributed by atoms with Gasteiger partial charge in [-0.2, -0.15) is 5.10 Å². The number of hydrogen-bond acceptors (Lipinski definition) is 1. The highest BCUT2D eigenvalue weighted by molar-refractivity contribution is 5.10.